The lowest BCUT2D eigenvalue weighted by molar-refractivity contribution is -0.167. The molecule has 0 amide bonds. The standard InChI is InChI=1S/C19H26O3/c1-18-8-7-12(20)9-11(18)3-4-13-14-5-6-16(22)19(14,2)10-15(21)17(13)18/h5-6,11,13-15,17,21H,3-4,7-10H2,1-2H3/t11?,13-,14-,15-,17+,18-,19-/m0/s1. The summed E-state index contributed by atoms with van der Waals surface area (Å²) in [5.41, 5.74) is -0.328. The first-order chi connectivity index (χ1) is 10.4. The highest BCUT2D eigenvalue weighted by atomic mass is 16.3. The zero-order chi connectivity index (χ0) is 15.7. The van der Waals surface area contributed by atoms with E-state index in [-0.39, 0.29) is 23.0 Å². The third kappa shape index (κ3) is 1.72. The van der Waals surface area contributed by atoms with Crippen LogP contribution in [0.2, 0.25) is 0 Å². The summed E-state index contributed by atoms with van der Waals surface area (Å²) in [5.74, 6) is 1.94. The van der Waals surface area contributed by atoms with E-state index < -0.39 is 11.5 Å². The summed E-state index contributed by atoms with van der Waals surface area (Å²) in [7, 11) is 0. The molecule has 0 radical (unpaired) electrons. The molecule has 0 aliphatic heterocycles. The summed E-state index contributed by atoms with van der Waals surface area (Å²) >= 11 is 0. The van der Waals surface area contributed by atoms with E-state index in [1.165, 1.54) is 0 Å². The number of aliphatic hydroxyl groups excluding tert-OH is 1. The number of Topliss-reactive ketones (excluding diaryl/α,β-unsaturated/α-hetero) is 1. The molecule has 4 aliphatic carbocycles. The van der Waals surface area contributed by atoms with Gasteiger partial charge in [0.05, 0.1) is 6.10 Å². The molecule has 4 rings (SSSR count). The van der Waals surface area contributed by atoms with Gasteiger partial charge in [-0.25, -0.2) is 0 Å². The number of allylic oxidation sites excluding steroid dienone is 2. The van der Waals surface area contributed by atoms with Crippen LogP contribution in [0.3, 0.4) is 0 Å². The molecule has 0 saturated heterocycles. The first-order valence-corrected chi connectivity index (χ1v) is 8.79. The molecule has 22 heavy (non-hydrogen) atoms. The Hall–Kier alpha value is -0.960. The second-order valence-corrected chi connectivity index (χ2v) is 8.65. The van der Waals surface area contributed by atoms with Crippen LogP contribution in [0.1, 0.15) is 52.4 Å². The summed E-state index contributed by atoms with van der Waals surface area (Å²) in [4.78, 5) is 24.2. The molecule has 120 valence electrons. The van der Waals surface area contributed by atoms with Crippen molar-refractivity contribution in [3.05, 3.63) is 12.2 Å². The molecule has 0 heterocycles. The normalized spacial score (nSPS) is 53.9. The third-order valence-electron chi connectivity index (χ3n) is 7.68. The minimum atomic E-state index is -0.406. The largest absolute Gasteiger partial charge is 0.393 e. The Kier molecular flexibility index (Phi) is 3.01. The number of carbonyl (C=O) groups is 2. The molecular formula is C19H26O3. The van der Waals surface area contributed by atoms with Crippen LogP contribution in [0.5, 0.6) is 0 Å². The van der Waals surface area contributed by atoms with Gasteiger partial charge in [-0.2, -0.15) is 0 Å². The van der Waals surface area contributed by atoms with Crippen molar-refractivity contribution < 1.29 is 14.7 Å². The number of carbonyl (C=O) groups excluding carboxylic acids is 2. The summed E-state index contributed by atoms with van der Waals surface area (Å²) in [6.07, 6.45) is 8.44. The molecule has 3 fully saturated rings. The summed E-state index contributed by atoms with van der Waals surface area (Å²) in [5, 5.41) is 10.9. The van der Waals surface area contributed by atoms with Crippen molar-refractivity contribution in [1.29, 1.82) is 0 Å². The fraction of sp³-hybridized carbons (Fsp3) is 0.789. The van der Waals surface area contributed by atoms with E-state index in [0.29, 0.717) is 36.9 Å². The van der Waals surface area contributed by atoms with Crippen molar-refractivity contribution in [3.8, 4) is 0 Å². The Morgan fingerprint density at radius 3 is 2.77 bits per heavy atom. The van der Waals surface area contributed by atoms with Gasteiger partial charge in [0.2, 0.25) is 0 Å². The molecular weight excluding hydrogens is 276 g/mol. The minimum Gasteiger partial charge on any atom is -0.393 e. The molecule has 3 saturated carbocycles. The number of fused-ring (bicyclic) bond motifs is 5. The van der Waals surface area contributed by atoms with E-state index in [2.05, 4.69) is 13.0 Å². The lowest BCUT2D eigenvalue weighted by Crippen LogP contribution is -2.59. The van der Waals surface area contributed by atoms with Crippen LogP contribution < -0.4 is 0 Å². The molecule has 3 heteroatoms. The molecule has 1 unspecified atom stereocenters. The number of hydrogen-bond donors (Lipinski definition) is 1. The predicted octanol–water partition coefficient (Wildman–Crippen LogP) is 2.91. The lowest BCUT2D eigenvalue weighted by Gasteiger charge is -2.60. The fourth-order valence-corrected chi connectivity index (χ4v) is 6.45. The van der Waals surface area contributed by atoms with Gasteiger partial charge in [-0.15, -0.1) is 0 Å². The van der Waals surface area contributed by atoms with Crippen LogP contribution in [0.25, 0.3) is 0 Å². The quantitative estimate of drug-likeness (QED) is 0.748. The Bertz CT molecular complexity index is 565. The topological polar surface area (TPSA) is 54.4 Å². The molecule has 7 atom stereocenters. The SMILES string of the molecule is C[C@]12CCC(=O)CC1CC[C@@H]1[C@@H]2[C@@H](O)C[C@]2(C)C(=O)C=C[C@@H]12. The Balaban J connectivity index is 1.72. The van der Waals surface area contributed by atoms with E-state index in [1.807, 2.05) is 6.92 Å². The summed E-state index contributed by atoms with van der Waals surface area (Å²) in [6, 6.07) is 0. The highest BCUT2D eigenvalue weighted by Crippen LogP contribution is 2.64. The lowest BCUT2D eigenvalue weighted by atomic mass is 9.44. The van der Waals surface area contributed by atoms with Crippen molar-refractivity contribution in [2.24, 2.45) is 34.5 Å². The van der Waals surface area contributed by atoms with Gasteiger partial charge >= 0.3 is 0 Å². The maximum atomic E-state index is 12.3. The molecule has 1 N–H and O–H groups in total. The third-order valence-corrected chi connectivity index (χ3v) is 7.68. The zero-order valence-corrected chi connectivity index (χ0v) is 13.5. The van der Waals surface area contributed by atoms with Gasteiger partial charge in [-0.05, 0) is 60.8 Å². The van der Waals surface area contributed by atoms with E-state index in [4.69, 9.17) is 0 Å². The first-order valence-electron chi connectivity index (χ1n) is 8.79. The van der Waals surface area contributed by atoms with Crippen LogP contribution >= 0.6 is 0 Å². The number of aliphatic hydroxyl groups is 1. The first kappa shape index (κ1) is 14.6. The van der Waals surface area contributed by atoms with Crippen molar-refractivity contribution in [2.75, 3.05) is 0 Å². The molecule has 0 aromatic heterocycles. The van der Waals surface area contributed by atoms with Crippen LogP contribution in [0.15, 0.2) is 12.2 Å². The molecule has 4 aliphatic rings. The fourth-order valence-electron chi connectivity index (χ4n) is 6.45. The van der Waals surface area contributed by atoms with E-state index in [1.54, 1.807) is 6.08 Å². The number of hydrogen-bond acceptors (Lipinski definition) is 3. The van der Waals surface area contributed by atoms with E-state index in [0.717, 1.165) is 19.3 Å². The Morgan fingerprint density at radius 2 is 2.00 bits per heavy atom. The maximum absolute atomic E-state index is 12.3. The highest BCUT2D eigenvalue weighted by Gasteiger charge is 2.62. The summed E-state index contributed by atoms with van der Waals surface area (Å²) in [6.45, 7) is 4.34. The van der Waals surface area contributed by atoms with E-state index in [9.17, 15) is 14.7 Å². The zero-order valence-electron chi connectivity index (χ0n) is 13.5. The van der Waals surface area contributed by atoms with Gasteiger partial charge < -0.3 is 5.11 Å². The van der Waals surface area contributed by atoms with Gasteiger partial charge in [0, 0.05) is 18.3 Å². The van der Waals surface area contributed by atoms with Gasteiger partial charge in [-0.1, -0.05) is 19.9 Å². The predicted molar refractivity (Wildman–Crippen MR) is 83.0 cm³/mol. The monoisotopic (exact) mass is 302 g/mol. The van der Waals surface area contributed by atoms with Crippen LogP contribution in [-0.4, -0.2) is 22.8 Å². The van der Waals surface area contributed by atoms with Crippen molar-refractivity contribution in [1.82, 2.24) is 0 Å². The van der Waals surface area contributed by atoms with Gasteiger partial charge in [0.25, 0.3) is 0 Å². The second-order valence-electron chi connectivity index (χ2n) is 8.65. The second kappa shape index (κ2) is 4.53. The van der Waals surface area contributed by atoms with Crippen LogP contribution in [-0.2, 0) is 9.59 Å². The maximum Gasteiger partial charge on any atom is 0.161 e. The van der Waals surface area contributed by atoms with E-state index >= 15 is 0 Å². The highest BCUT2D eigenvalue weighted by molar-refractivity contribution is 5.97. The molecule has 0 aromatic rings. The van der Waals surface area contributed by atoms with Gasteiger partial charge in [0.1, 0.15) is 5.78 Å². The van der Waals surface area contributed by atoms with Gasteiger partial charge in [-0.3, -0.25) is 9.59 Å². The van der Waals surface area contributed by atoms with Crippen molar-refractivity contribution >= 4 is 11.6 Å². The van der Waals surface area contributed by atoms with Crippen LogP contribution in [0.4, 0.5) is 0 Å². The number of rotatable bonds is 0. The smallest absolute Gasteiger partial charge is 0.161 e. The Labute approximate surface area is 132 Å². The van der Waals surface area contributed by atoms with Gasteiger partial charge in [0.15, 0.2) is 5.78 Å². The minimum absolute atomic E-state index is 0.0665. The van der Waals surface area contributed by atoms with Crippen molar-refractivity contribution in [2.45, 2.75) is 58.5 Å². The average molecular weight is 302 g/mol. The summed E-state index contributed by atoms with van der Waals surface area (Å²) < 4.78 is 0. The molecule has 0 bridgehead atoms. The molecule has 0 aromatic carbocycles. The van der Waals surface area contributed by atoms with Crippen LogP contribution in [0, 0.1) is 34.5 Å². The molecule has 0 spiro atoms. The van der Waals surface area contributed by atoms with Crippen molar-refractivity contribution in [3.63, 3.8) is 0 Å². The average Bonchev–Trinajstić information content (AvgIpc) is 2.75. The number of ketones is 2. The molecule has 3 nitrogen and oxygen atoms in total. The Morgan fingerprint density at radius 1 is 1.23 bits per heavy atom.